The van der Waals surface area contributed by atoms with Gasteiger partial charge in [-0.2, -0.15) is 0 Å². The number of rotatable bonds is 3. The van der Waals surface area contributed by atoms with Crippen molar-refractivity contribution < 1.29 is 0 Å². The summed E-state index contributed by atoms with van der Waals surface area (Å²) < 4.78 is 0. The van der Waals surface area contributed by atoms with Crippen molar-refractivity contribution in [1.82, 2.24) is 0 Å². The Kier molecular flexibility index (Phi) is 5.21. The van der Waals surface area contributed by atoms with Gasteiger partial charge in [-0.25, -0.2) is 0 Å². The van der Waals surface area contributed by atoms with Crippen LogP contribution in [0, 0.1) is 6.92 Å². The van der Waals surface area contributed by atoms with E-state index in [2.05, 4.69) is 36.6 Å². The minimum Gasteiger partial charge on any atom is -0.332 e. The van der Waals surface area contributed by atoms with E-state index < -0.39 is 0 Å². The third kappa shape index (κ3) is 4.19. The number of anilines is 2. The van der Waals surface area contributed by atoms with Gasteiger partial charge in [-0.05, 0) is 60.5 Å². The molecule has 0 fully saturated rings. The van der Waals surface area contributed by atoms with E-state index in [1.54, 1.807) is 0 Å². The van der Waals surface area contributed by atoms with Gasteiger partial charge in [0.05, 0.1) is 0 Å². The van der Waals surface area contributed by atoms with Crippen LogP contribution in [0.5, 0.6) is 0 Å². The first-order valence-electron chi connectivity index (χ1n) is 6.90. The molecule has 0 bridgehead atoms. The molecule has 21 heavy (non-hydrogen) atoms. The Balaban J connectivity index is 2.03. The van der Waals surface area contributed by atoms with Crippen molar-refractivity contribution in [2.24, 2.45) is 0 Å². The second-order valence-electron chi connectivity index (χ2n) is 5.27. The van der Waals surface area contributed by atoms with E-state index in [0.29, 0.717) is 11.0 Å². The topological polar surface area (TPSA) is 24.1 Å². The number of nitrogens with one attached hydrogen (secondary N) is 2. The van der Waals surface area contributed by atoms with E-state index in [4.69, 9.17) is 23.8 Å². The van der Waals surface area contributed by atoms with Crippen LogP contribution in [0.3, 0.4) is 0 Å². The van der Waals surface area contributed by atoms with Gasteiger partial charge in [0.15, 0.2) is 5.11 Å². The first-order valence-corrected chi connectivity index (χ1v) is 7.69. The van der Waals surface area contributed by atoms with Crippen molar-refractivity contribution in [2.75, 3.05) is 10.6 Å². The zero-order valence-electron chi connectivity index (χ0n) is 12.4. The van der Waals surface area contributed by atoms with Gasteiger partial charge in [-0.1, -0.05) is 43.6 Å². The molecule has 0 aliphatic heterocycles. The van der Waals surface area contributed by atoms with E-state index in [9.17, 15) is 0 Å². The molecule has 0 unspecified atom stereocenters. The molecule has 0 aliphatic rings. The lowest BCUT2D eigenvalue weighted by Crippen LogP contribution is -2.19. The van der Waals surface area contributed by atoms with Crippen molar-refractivity contribution in [3.63, 3.8) is 0 Å². The maximum atomic E-state index is 6.10. The summed E-state index contributed by atoms with van der Waals surface area (Å²) in [6, 6.07) is 14.0. The zero-order chi connectivity index (χ0) is 15.4. The predicted molar refractivity (Wildman–Crippen MR) is 96.6 cm³/mol. The van der Waals surface area contributed by atoms with Crippen LogP contribution in [0.2, 0.25) is 5.02 Å². The van der Waals surface area contributed by atoms with Gasteiger partial charge in [0.1, 0.15) is 0 Å². The van der Waals surface area contributed by atoms with Crippen LogP contribution in [-0.2, 0) is 0 Å². The van der Waals surface area contributed by atoms with E-state index in [-0.39, 0.29) is 0 Å². The summed E-state index contributed by atoms with van der Waals surface area (Å²) >= 11 is 11.4. The van der Waals surface area contributed by atoms with Gasteiger partial charge in [0.25, 0.3) is 0 Å². The quantitative estimate of drug-likeness (QED) is 0.722. The summed E-state index contributed by atoms with van der Waals surface area (Å²) in [5.41, 5.74) is 4.18. The van der Waals surface area contributed by atoms with Gasteiger partial charge >= 0.3 is 0 Å². The van der Waals surface area contributed by atoms with Crippen molar-refractivity contribution in [1.29, 1.82) is 0 Å². The first-order chi connectivity index (χ1) is 9.97. The van der Waals surface area contributed by atoms with Crippen molar-refractivity contribution in [2.45, 2.75) is 26.7 Å². The molecule has 2 rings (SSSR count). The van der Waals surface area contributed by atoms with Crippen LogP contribution in [-0.4, -0.2) is 5.11 Å². The molecule has 2 aromatic rings. The molecule has 0 aliphatic carbocycles. The Bertz CT molecular complexity index is 636. The Hall–Kier alpha value is -1.58. The summed E-state index contributed by atoms with van der Waals surface area (Å²) in [6.45, 7) is 6.32. The Morgan fingerprint density at radius 1 is 1.05 bits per heavy atom. The highest BCUT2D eigenvalue weighted by Crippen LogP contribution is 2.23. The molecule has 0 atom stereocenters. The third-order valence-electron chi connectivity index (χ3n) is 3.35. The lowest BCUT2D eigenvalue weighted by molar-refractivity contribution is 0.867. The van der Waals surface area contributed by atoms with E-state index in [1.807, 2.05) is 37.3 Å². The fourth-order valence-electron chi connectivity index (χ4n) is 1.98. The Labute approximate surface area is 136 Å². The SMILES string of the molecule is Cc1c(Cl)cccc1NC(=S)Nc1ccc(C(C)C)cc1. The van der Waals surface area contributed by atoms with Gasteiger partial charge in [0, 0.05) is 16.4 Å². The lowest BCUT2D eigenvalue weighted by Gasteiger charge is -2.14. The molecule has 110 valence electrons. The van der Waals surface area contributed by atoms with Gasteiger partial charge < -0.3 is 10.6 Å². The van der Waals surface area contributed by atoms with Crippen molar-refractivity contribution >= 4 is 40.3 Å². The van der Waals surface area contributed by atoms with Crippen molar-refractivity contribution in [3.8, 4) is 0 Å². The molecule has 0 amide bonds. The molecule has 0 heterocycles. The highest BCUT2D eigenvalue weighted by Gasteiger charge is 2.05. The first kappa shape index (κ1) is 15.8. The van der Waals surface area contributed by atoms with E-state index >= 15 is 0 Å². The largest absolute Gasteiger partial charge is 0.332 e. The second-order valence-corrected chi connectivity index (χ2v) is 6.08. The Morgan fingerprint density at radius 3 is 2.33 bits per heavy atom. The third-order valence-corrected chi connectivity index (χ3v) is 3.96. The van der Waals surface area contributed by atoms with Crippen LogP contribution < -0.4 is 10.6 Å². The molecule has 2 aromatic carbocycles. The maximum Gasteiger partial charge on any atom is 0.175 e. The van der Waals surface area contributed by atoms with E-state index in [0.717, 1.165) is 22.0 Å². The summed E-state index contributed by atoms with van der Waals surface area (Å²) in [7, 11) is 0. The highest BCUT2D eigenvalue weighted by molar-refractivity contribution is 7.80. The minimum atomic E-state index is 0.526. The van der Waals surface area contributed by atoms with E-state index in [1.165, 1.54) is 5.56 Å². The van der Waals surface area contributed by atoms with Gasteiger partial charge in [-0.15, -0.1) is 0 Å². The molecule has 4 heteroatoms. The molecule has 2 nitrogen and oxygen atoms in total. The summed E-state index contributed by atoms with van der Waals surface area (Å²) in [6.07, 6.45) is 0. The maximum absolute atomic E-state index is 6.10. The molecular formula is C17H19ClN2S. The fraction of sp³-hybridized carbons (Fsp3) is 0.235. The fourth-order valence-corrected chi connectivity index (χ4v) is 2.38. The van der Waals surface area contributed by atoms with Crippen LogP contribution in [0.25, 0.3) is 0 Å². The average molecular weight is 319 g/mol. The monoisotopic (exact) mass is 318 g/mol. The number of benzene rings is 2. The molecule has 2 N–H and O–H groups in total. The van der Waals surface area contributed by atoms with Crippen LogP contribution in [0.15, 0.2) is 42.5 Å². The second kappa shape index (κ2) is 6.92. The van der Waals surface area contributed by atoms with Gasteiger partial charge in [0.2, 0.25) is 0 Å². The average Bonchev–Trinajstić information content (AvgIpc) is 2.44. The van der Waals surface area contributed by atoms with Crippen LogP contribution in [0.1, 0.15) is 30.9 Å². The van der Waals surface area contributed by atoms with Gasteiger partial charge in [-0.3, -0.25) is 0 Å². The lowest BCUT2D eigenvalue weighted by atomic mass is 10.0. The molecule has 0 aromatic heterocycles. The number of hydrogen-bond donors (Lipinski definition) is 2. The summed E-state index contributed by atoms with van der Waals surface area (Å²) in [4.78, 5) is 0. The summed E-state index contributed by atoms with van der Waals surface area (Å²) in [5.74, 6) is 0.526. The van der Waals surface area contributed by atoms with Crippen molar-refractivity contribution in [3.05, 3.63) is 58.6 Å². The molecule has 0 radical (unpaired) electrons. The Morgan fingerprint density at radius 2 is 1.71 bits per heavy atom. The number of hydrogen-bond acceptors (Lipinski definition) is 1. The number of halogens is 1. The minimum absolute atomic E-state index is 0.526. The zero-order valence-corrected chi connectivity index (χ0v) is 14.0. The normalized spacial score (nSPS) is 10.5. The molecule has 0 saturated carbocycles. The smallest absolute Gasteiger partial charge is 0.175 e. The van der Waals surface area contributed by atoms with Crippen LogP contribution >= 0.6 is 23.8 Å². The standard InChI is InChI=1S/C17H19ClN2S/c1-11(2)13-7-9-14(10-8-13)19-17(21)20-16-6-4-5-15(18)12(16)3/h4-11H,1-3H3,(H2,19,20,21). The highest BCUT2D eigenvalue weighted by atomic mass is 35.5. The van der Waals surface area contributed by atoms with Crippen LogP contribution in [0.4, 0.5) is 11.4 Å². The summed E-state index contributed by atoms with van der Waals surface area (Å²) in [5, 5.41) is 7.63. The molecule has 0 spiro atoms. The number of thiocarbonyl (C=S) groups is 1. The molecule has 0 saturated heterocycles. The molecular weight excluding hydrogens is 300 g/mol. The predicted octanol–water partition coefficient (Wildman–Crippen LogP) is 5.58.